The monoisotopic (exact) mass is 248 g/mol. The molecule has 100 valence electrons. The van der Waals surface area contributed by atoms with E-state index in [-0.39, 0.29) is 12.1 Å². The number of benzene rings is 1. The number of nitrogens with zero attached hydrogens (tertiary/aromatic N) is 1. The molecule has 1 fully saturated rings. The van der Waals surface area contributed by atoms with Crippen LogP contribution in [0.4, 0.5) is 5.69 Å². The molecule has 1 saturated heterocycles. The van der Waals surface area contributed by atoms with Gasteiger partial charge in [-0.1, -0.05) is 26.0 Å². The summed E-state index contributed by atoms with van der Waals surface area (Å²) < 4.78 is 0. The molecule has 0 radical (unpaired) electrons. The van der Waals surface area contributed by atoms with E-state index in [9.17, 15) is 5.11 Å². The molecular weight excluding hydrogens is 224 g/mol. The Balaban J connectivity index is 2.06. The SMILES string of the molecule is CCC(N)c1ccc(N2CCC(O)C(C)C2)cc1. The second-order valence-corrected chi connectivity index (χ2v) is 5.39. The lowest BCUT2D eigenvalue weighted by atomic mass is 9.96. The van der Waals surface area contributed by atoms with Crippen molar-refractivity contribution in [1.29, 1.82) is 0 Å². The third-order valence-corrected chi connectivity index (χ3v) is 3.99. The summed E-state index contributed by atoms with van der Waals surface area (Å²) >= 11 is 0. The fourth-order valence-corrected chi connectivity index (χ4v) is 2.54. The lowest BCUT2D eigenvalue weighted by Crippen LogP contribution is -2.41. The van der Waals surface area contributed by atoms with Crippen molar-refractivity contribution in [1.82, 2.24) is 0 Å². The zero-order valence-corrected chi connectivity index (χ0v) is 11.3. The number of anilines is 1. The van der Waals surface area contributed by atoms with Gasteiger partial charge in [0.2, 0.25) is 0 Å². The fourth-order valence-electron chi connectivity index (χ4n) is 2.54. The van der Waals surface area contributed by atoms with Crippen molar-refractivity contribution in [2.24, 2.45) is 11.7 Å². The van der Waals surface area contributed by atoms with Crippen LogP contribution >= 0.6 is 0 Å². The van der Waals surface area contributed by atoms with Gasteiger partial charge < -0.3 is 15.7 Å². The van der Waals surface area contributed by atoms with Crippen LogP contribution in [0, 0.1) is 5.92 Å². The number of nitrogens with two attached hydrogens (primary N) is 1. The Kier molecular flexibility index (Phi) is 4.25. The summed E-state index contributed by atoms with van der Waals surface area (Å²) in [6.07, 6.45) is 1.68. The summed E-state index contributed by atoms with van der Waals surface area (Å²) in [5.41, 5.74) is 8.45. The van der Waals surface area contributed by atoms with Crippen LogP contribution in [0.15, 0.2) is 24.3 Å². The van der Waals surface area contributed by atoms with Crippen LogP contribution in [0.3, 0.4) is 0 Å². The Morgan fingerprint density at radius 2 is 2.06 bits per heavy atom. The van der Waals surface area contributed by atoms with Crippen LogP contribution in [0.25, 0.3) is 0 Å². The van der Waals surface area contributed by atoms with Crippen molar-refractivity contribution < 1.29 is 5.11 Å². The van der Waals surface area contributed by atoms with Gasteiger partial charge in [0.25, 0.3) is 0 Å². The van der Waals surface area contributed by atoms with Gasteiger partial charge in [0.05, 0.1) is 6.10 Å². The summed E-state index contributed by atoms with van der Waals surface area (Å²) in [6.45, 7) is 6.08. The van der Waals surface area contributed by atoms with Crippen molar-refractivity contribution in [3.05, 3.63) is 29.8 Å². The van der Waals surface area contributed by atoms with Gasteiger partial charge >= 0.3 is 0 Å². The van der Waals surface area contributed by atoms with Crippen molar-refractivity contribution in [2.45, 2.75) is 38.8 Å². The molecule has 0 amide bonds. The molecule has 0 saturated carbocycles. The topological polar surface area (TPSA) is 49.5 Å². The van der Waals surface area contributed by atoms with Gasteiger partial charge in [-0.15, -0.1) is 0 Å². The lowest BCUT2D eigenvalue weighted by molar-refractivity contribution is 0.0971. The Bertz CT molecular complexity index is 377. The molecule has 0 bridgehead atoms. The van der Waals surface area contributed by atoms with Gasteiger partial charge in [0, 0.05) is 24.8 Å². The first kappa shape index (κ1) is 13.4. The molecule has 1 aromatic rings. The van der Waals surface area contributed by atoms with Crippen LogP contribution < -0.4 is 10.6 Å². The average Bonchev–Trinajstić information content (AvgIpc) is 2.41. The second kappa shape index (κ2) is 5.72. The molecule has 3 unspecified atom stereocenters. The molecule has 3 heteroatoms. The van der Waals surface area contributed by atoms with Crippen LogP contribution in [0.5, 0.6) is 0 Å². The van der Waals surface area contributed by atoms with Crippen molar-refractivity contribution in [3.8, 4) is 0 Å². The molecule has 1 aliphatic heterocycles. The van der Waals surface area contributed by atoms with Gasteiger partial charge in [0.15, 0.2) is 0 Å². The minimum Gasteiger partial charge on any atom is -0.393 e. The zero-order valence-electron chi connectivity index (χ0n) is 11.3. The Labute approximate surface area is 110 Å². The molecule has 0 spiro atoms. The Morgan fingerprint density at radius 3 is 2.61 bits per heavy atom. The smallest absolute Gasteiger partial charge is 0.0599 e. The molecule has 3 nitrogen and oxygen atoms in total. The van der Waals surface area contributed by atoms with Crippen LogP contribution in [0.1, 0.15) is 38.3 Å². The van der Waals surface area contributed by atoms with E-state index in [1.807, 2.05) is 0 Å². The number of hydrogen-bond donors (Lipinski definition) is 2. The molecule has 3 N–H and O–H groups in total. The molecule has 3 atom stereocenters. The maximum absolute atomic E-state index is 9.75. The van der Waals surface area contributed by atoms with Gasteiger partial charge in [-0.2, -0.15) is 0 Å². The molecule has 1 aromatic carbocycles. The predicted molar refractivity (Wildman–Crippen MR) is 75.7 cm³/mol. The quantitative estimate of drug-likeness (QED) is 0.863. The first-order chi connectivity index (χ1) is 8.61. The van der Waals surface area contributed by atoms with Crippen LogP contribution in [0.2, 0.25) is 0 Å². The van der Waals surface area contributed by atoms with Crippen molar-refractivity contribution in [3.63, 3.8) is 0 Å². The van der Waals surface area contributed by atoms with E-state index >= 15 is 0 Å². The highest BCUT2D eigenvalue weighted by Crippen LogP contribution is 2.25. The standard InChI is InChI=1S/C15H24N2O/c1-3-14(16)12-4-6-13(7-5-12)17-9-8-15(18)11(2)10-17/h4-7,11,14-15,18H,3,8-10,16H2,1-2H3. The summed E-state index contributed by atoms with van der Waals surface area (Å²) in [5, 5.41) is 9.75. The van der Waals surface area contributed by atoms with E-state index in [0.717, 1.165) is 25.9 Å². The highest BCUT2D eigenvalue weighted by Gasteiger charge is 2.24. The number of aliphatic hydroxyl groups is 1. The molecule has 1 aliphatic rings. The maximum Gasteiger partial charge on any atom is 0.0599 e. The van der Waals surface area contributed by atoms with E-state index in [4.69, 9.17) is 5.73 Å². The molecule has 0 aliphatic carbocycles. The van der Waals surface area contributed by atoms with Crippen LogP contribution in [-0.2, 0) is 0 Å². The molecular formula is C15H24N2O. The van der Waals surface area contributed by atoms with Gasteiger partial charge in [0.1, 0.15) is 0 Å². The molecule has 1 heterocycles. The minimum atomic E-state index is -0.144. The molecule has 18 heavy (non-hydrogen) atoms. The summed E-state index contributed by atoms with van der Waals surface area (Å²) in [6, 6.07) is 8.68. The van der Waals surface area contributed by atoms with E-state index in [1.54, 1.807) is 0 Å². The lowest BCUT2D eigenvalue weighted by Gasteiger charge is -2.36. The fraction of sp³-hybridized carbons (Fsp3) is 0.600. The summed E-state index contributed by atoms with van der Waals surface area (Å²) in [7, 11) is 0. The van der Waals surface area contributed by atoms with Crippen LogP contribution in [-0.4, -0.2) is 24.3 Å². The second-order valence-electron chi connectivity index (χ2n) is 5.39. The Hall–Kier alpha value is -1.06. The highest BCUT2D eigenvalue weighted by molar-refractivity contribution is 5.48. The Morgan fingerprint density at radius 1 is 1.39 bits per heavy atom. The summed E-state index contributed by atoms with van der Waals surface area (Å²) in [4.78, 5) is 2.35. The van der Waals surface area contributed by atoms with Gasteiger partial charge in [-0.3, -0.25) is 0 Å². The number of aliphatic hydroxyl groups excluding tert-OH is 1. The zero-order chi connectivity index (χ0) is 13.1. The van der Waals surface area contributed by atoms with Crippen molar-refractivity contribution >= 4 is 5.69 Å². The maximum atomic E-state index is 9.75. The number of hydrogen-bond acceptors (Lipinski definition) is 3. The minimum absolute atomic E-state index is 0.140. The number of rotatable bonds is 3. The molecule has 2 rings (SSSR count). The van der Waals surface area contributed by atoms with E-state index in [1.165, 1.54) is 11.3 Å². The highest BCUT2D eigenvalue weighted by atomic mass is 16.3. The van der Waals surface area contributed by atoms with Gasteiger partial charge in [-0.25, -0.2) is 0 Å². The van der Waals surface area contributed by atoms with Gasteiger partial charge in [-0.05, 0) is 36.5 Å². The summed E-state index contributed by atoms with van der Waals surface area (Å²) in [5.74, 6) is 0.344. The van der Waals surface area contributed by atoms with Crippen molar-refractivity contribution in [2.75, 3.05) is 18.0 Å². The largest absolute Gasteiger partial charge is 0.393 e. The third-order valence-electron chi connectivity index (χ3n) is 3.99. The normalized spacial score (nSPS) is 26.1. The van der Waals surface area contributed by atoms with E-state index < -0.39 is 0 Å². The third kappa shape index (κ3) is 2.85. The first-order valence-corrected chi connectivity index (χ1v) is 6.90. The predicted octanol–water partition coefficient (Wildman–Crippen LogP) is 2.30. The molecule has 0 aromatic heterocycles. The first-order valence-electron chi connectivity index (χ1n) is 6.90. The van der Waals surface area contributed by atoms with E-state index in [2.05, 4.69) is 43.0 Å². The average molecular weight is 248 g/mol. The van der Waals surface area contributed by atoms with E-state index in [0.29, 0.717) is 5.92 Å². The number of piperidine rings is 1.